The van der Waals surface area contributed by atoms with Crippen LogP contribution in [-0.2, 0) is 4.74 Å². The smallest absolute Gasteiger partial charge is 0.128 e. The Morgan fingerprint density at radius 1 is 1.47 bits per heavy atom. The lowest BCUT2D eigenvalue weighted by atomic mass is 9.86. The van der Waals surface area contributed by atoms with E-state index in [0.717, 1.165) is 22.8 Å². The molecule has 1 aliphatic carbocycles. The SMILES string of the molecule is CCOC1C(N)CC1Oc1ccc(Cl)cc1C. The van der Waals surface area contributed by atoms with Gasteiger partial charge in [0.05, 0.1) is 0 Å². The van der Waals surface area contributed by atoms with Gasteiger partial charge in [-0.2, -0.15) is 0 Å². The molecule has 0 radical (unpaired) electrons. The van der Waals surface area contributed by atoms with Crippen LogP contribution >= 0.6 is 11.6 Å². The standard InChI is InChI=1S/C13H18ClNO2/c1-3-16-13-10(15)7-12(13)17-11-5-4-9(14)6-8(11)2/h4-6,10,12-13H,3,7,15H2,1-2H3. The molecule has 1 saturated carbocycles. The lowest BCUT2D eigenvalue weighted by molar-refractivity contribution is -0.0947. The maximum Gasteiger partial charge on any atom is 0.128 e. The van der Waals surface area contributed by atoms with Crippen molar-refractivity contribution < 1.29 is 9.47 Å². The fourth-order valence-electron chi connectivity index (χ4n) is 2.06. The Balaban J connectivity index is 2.01. The summed E-state index contributed by atoms with van der Waals surface area (Å²) in [5.41, 5.74) is 6.92. The molecule has 1 aliphatic rings. The molecule has 3 nitrogen and oxygen atoms in total. The highest BCUT2D eigenvalue weighted by Crippen LogP contribution is 2.30. The molecule has 0 amide bonds. The molecule has 2 rings (SSSR count). The summed E-state index contributed by atoms with van der Waals surface area (Å²) in [6, 6.07) is 5.71. The van der Waals surface area contributed by atoms with Crippen LogP contribution < -0.4 is 10.5 Å². The number of benzene rings is 1. The number of nitrogens with two attached hydrogens (primary N) is 1. The zero-order chi connectivity index (χ0) is 12.4. The van der Waals surface area contributed by atoms with Gasteiger partial charge < -0.3 is 15.2 Å². The van der Waals surface area contributed by atoms with Crippen molar-refractivity contribution in [2.24, 2.45) is 5.73 Å². The fraction of sp³-hybridized carbons (Fsp3) is 0.538. The lowest BCUT2D eigenvalue weighted by Gasteiger charge is -2.41. The summed E-state index contributed by atoms with van der Waals surface area (Å²) in [5, 5.41) is 0.724. The van der Waals surface area contributed by atoms with E-state index in [2.05, 4.69) is 0 Å². The van der Waals surface area contributed by atoms with E-state index in [0.29, 0.717) is 6.61 Å². The van der Waals surface area contributed by atoms with Crippen molar-refractivity contribution in [3.05, 3.63) is 28.8 Å². The second kappa shape index (κ2) is 5.25. The van der Waals surface area contributed by atoms with Gasteiger partial charge in [-0.25, -0.2) is 0 Å². The second-order valence-electron chi connectivity index (χ2n) is 4.39. The minimum atomic E-state index is 0.00933. The van der Waals surface area contributed by atoms with Gasteiger partial charge in [0.25, 0.3) is 0 Å². The van der Waals surface area contributed by atoms with Gasteiger partial charge in [0.2, 0.25) is 0 Å². The molecule has 17 heavy (non-hydrogen) atoms. The molecule has 0 aromatic heterocycles. The van der Waals surface area contributed by atoms with Crippen LogP contribution in [-0.4, -0.2) is 24.9 Å². The average molecular weight is 256 g/mol. The topological polar surface area (TPSA) is 44.5 Å². The third-order valence-electron chi connectivity index (χ3n) is 3.07. The van der Waals surface area contributed by atoms with Crippen molar-refractivity contribution in [2.75, 3.05) is 6.61 Å². The van der Waals surface area contributed by atoms with Crippen LogP contribution in [0.1, 0.15) is 18.9 Å². The van der Waals surface area contributed by atoms with Crippen LogP contribution in [0.25, 0.3) is 0 Å². The zero-order valence-corrected chi connectivity index (χ0v) is 10.9. The molecular formula is C13H18ClNO2. The van der Waals surface area contributed by atoms with Gasteiger partial charge in [-0.1, -0.05) is 11.6 Å². The van der Waals surface area contributed by atoms with Crippen LogP contribution in [0.5, 0.6) is 5.75 Å². The minimum Gasteiger partial charge on any atom is -0.487 e. The van der Waals surface area contributed by atoms with Crippen molar-refractivity contribution in [1.29, 1.82) is 0 Å². The number of halogens is 1. The van der Waals surface area contributed by atoms with Crippen LogP contribution in [0.15, 0.2) is 18.2 Å². The third kappa shape index (κ3) is 2.73. The molecule has 1 fully saturated rings. The van der Waals surface area contributed by atoms with Gasteiger partial charge in [0.15, 0.2) is 0 Å². The normalized spacial score (nSPS) is 27.6. The van der Waals surface area contributed by atoms with Gasteiger partial charge >= 0.3 is 0 Å². The first-order valence-corrected chi connectivity index (χ1v) is 6.29. The molecule has 0 aliphatic heterocycles. The summed E-state index contributed by atoms with van der Waals surface area (Å²) >= 11 is 5.90. The number of aryl methyl sites for hydroxylation is 1. The van der Waals surface area contributed by atoms with Crippen molar-refractivity contribution in [3.8, 4) is 5.75 Å². The Kier molecular flexibility index (Phi) is 3.92. The summed E-state index contributed by atoms with van der Waals surface area (Å²) in [5.74, 6) is 0.857. The van der Waals surface area contributed by atoms with Crippen LogP contribution in [0.4, 0.5) is 0 Å². The Bertz CT molecular complexity index is 397. The van der Waals surface area contributed by atoms with Crippen molar-refractivity contribution >= 4 is 11.6 Å². The van der Waals surface area contributed by atoms with E-state index in [-0.39, 0.29) is 18.2 Å². The van der Waals surface area contributed by atoms with E-state index in [1.54, 1.807) is 0 Å². The fourth-order valence-corrected chi connectivity index (χ4v) is 2.29. The summed E-state index contributed by atoms with van der Waals surface area (Å²) in [4.78, 5) is 0. The van der Waals surface area contributed by atoms with Crippen molar-refractivity contribution in [1.82, 2.24) is 0 Å². The number of hydrogen-bond donors (Lipinski definition) is 1. The van der Waals surface area contributed by atoms with Crippen LogP contribution in [0, 0.1) is 6.92 Å². The predicted octanol–water partition coefficient (Wildman–Crippen LogP) is 2.53. The van der Waals surface area contributed by atoms with Gasteiger partial charge in [-0.15, -0.1) is 0 Å². The summed E-state index contributed by atoms with van der Waals surface area (Å²) in [6.07, 6.45) is 0.909. The lowest BCUT2D eigenvalue weighted by Crippen LogP contribution is -2.59. The quantitative estimate of drug-likeness (QED) is 0.899. The Labute approximate surface area is 107 Å². The zero-order valence-electron chi connectivity index (χ0n) is 10.2. The highest BCUT2D eigenvalue weighted by Gasteiger charge is 2.41. The highest BCUT2D eigenvalue weighted by atomic mass is 35.5. The molecule has 94 valence electrons. The van der Waals surface area contributed by atoms with E-state index < -0.39 is 0 Å². The number of ether oxygens (including phenoxy) is 2. The largest absolute Gasteiger partial charge is 0.487 e. The summed E-state index contributed by atoms with van der Waals surface area (Å²) in [6.45, 7) is 4.61. The van der Waals surface area contributed by atoms with Gasteiger partial charge in [0, 0.05) is 24.1 Å². The molecule has 0 bridgehead atoms. The molecule has 0 heterocycles. The van der Waals surface area contributed by atoms with Crippen LogP contribution in [0.3, 0.4) is 0 Å². The Morgan fingerprint density at radius 3 is 2.82 bits per heavy atom. The van der Waals surface area contributed by atoms with Crippen LogP contribution in [0.2, 0.25) is 5.02 Å². The van der Waals surface area contributed by atoms with Gasteiger partial charge in [0.1, 0.15) is 18.0 Å². The molecule has 0 saturated heterocycles. The first-order valence-electron chi connectivity index (χ1n) is 5.91. The van der Waals surface area contributed by atoms with Gasteiger partial charge in [-0.05, 0) is 37.6 Å². The van der Waals surface area contributed by atoms with E-state index in [9.17, 15) is 0 Å². The van der Waals surface area contributed by atoms with E-state index in [1.807, 2.05) is 32.0 Å². The van der Waals surface area contributed by atoms with E-state index in [4.69, 9.17) is 26.8 Å². The summed E-state index contributed by atoms with van der Waals surface area (Å²) < 4.78 is 11.5. The highest BCUT2D eigenvalue weighted by molar-refractivity contribution is 6.30. The molecule has 4 heteroatoms. The van der Waals surface area contributed by atoms with E-state index >= 15 is 0 Å². The number of hydrogen-bond acceptors (Lipinski definition) is 3. The summed E-state index contributed by atoms with van der Waals surface area (Å²) in [7, 11) is 0. The minimum absolute atomic E-state index is 0.00933. The molecule has 0 spiro atoms. The predicted molar refractivity (Wildman–Crippen MR) is 68.6 cm³/mol. The first-order chi connectivity index (χ1) is 8.11. The van der Waals surface area contributed by atoms with E-state index in [1.165, 1.54) is 0 Å². The monoisotopic (exact) mass is 255 g/mol. The molecular weight excluding hydrogens is 238 g/mol. The Hall–Kier alpha value is -0.770. The average Bonchev–Trinajstić information content (AvgIpc) is 2.28. The molecule has 2 N–H and O–H groups in total. The number of rotatable bonds is 4. The molecule has 1 aromatic carbocycles. The van der Waals surface area contributed by atoms with Crippen molar-refractivity contribution in [2.45, 2.75) is 38.5 Å². The maximum atomic E-state index is 5.91. The Morgan fingerprint density at radius 2 is 2.24 bits per heavy atom. The second-order valence-corrected chi connectivity index (χ2v) is 4.82. The molecule has 3 unspecified atom stereocenters. The third-order valence-corrected chi connectivity index (χ3v) is 3.30. The molecule has 1 aromatic rings. The van der Waals surface area contributed by atoms with Crippen molar-refractivity contribution in [3.63, 3.8) is 0 Å². The maximum absolute atomic E-state index is 5.91. The van der Waals surface area contributed by atoms with Gasteiger partial charge in [-0.3, -0.25) is 0 Å². The molecule has 3 atom stereocenters. The first kappa shape index (κ1) is 12.7.